The van der Waals surface area contributed by atoms with Gasteiger partial charge >= 0.3 is 5.97 Å². The van der Waals surface area contributed by atoms with Gasteiger partial charge in [-0.2, -0.15) is 0 Å². The number of rotatable bonds is 3. The average molecular weight is 417 g/mol. The first-order valence-corrected chi connectivity index (χ1v) is 10.6. The Morgan fingerprint density at radius 2 is 2.00 bits per heavy atom. The van der Waals surface area contributed by atoms with Gasteiger partial charge < -0.3 is 9.64 Å². The zero-order valence-electron chi connectivity index (χ0n) is 17.5. The number of carbonyl (C=O) groups excluding carboxylic acids is 2. The number of benzene rings is 2. The first-order chi connectivity index (χ1) is 14.9. The molecule has 0 saturated carbocycles. The van der Waals surface area contributed by atoms with Crippen molar-refractivity contribution < 1.29 is 14.3 Å². The topological polar surface area (TPSA) is 81.5 Å². The van der Waals surface area contributed by atoms with Crippen LogP contribution in [0.25, 0.3) is 10.9 Å². The van der Waals surface area contributed by atoms with Crippen molar-refractivity contribution in [3.63, 3.8) is 0 Å². The van der Waals surface area contributed by atoms with E-state index in [0.717, 1.165) is 36.3 Å². The number of aryl methyl sites for hydroxylation is 1. The van der Waals surface area contributed by atoms with Crippen molar-refractivity contribution in [2.24, 2.45) is 0 Å². The molecule has 2 aliphatic heterocycles. The number of hydrogen-bond donors (Lipinski definition) is 0. The third kappa shape index (κ3) is 3.21. The van der Waals surface area contributed by atoms with E-state index in [2.05, 4.69) is 4.98 Å². The van der Waals surface area contributed by atoms with Gasteiger partial charge in [-0.05, 0) is 56.5 Å². The Morgan fingerprint density at radius 3 is 2.84 bits per heavy atom. The molecule has 0 N–H and O–H groups in total. The molecule has 2 aromatic carbocycles. The summed E-state index contributed by atoms with van der Waals surface area (Å²) >= 11 is 0. The summed E-state index contributed by atoms with van der Waals surface area (Å²) in [6.07, 6.45) is 1.49. The maximum atomic E-state index is 13.1. The fraction of sp³-hybridized carbons (Fsp3) is 0.333. The number of amides is 1. The van der Waals surface area contributed by atoms with Gasteiger partial charge in [0.05, 0.1) is 16.5 Å². The van der Waals surface area contributed by atoms with Crippen LogP contribution < -0.4 is 10.5 Å². The maximum absolute atomic E-state index is 13.1. The Hall–Kier alpha value is -3.48. The van der Waals surface area contributed by atoms with Gasteiger partial charge in [0.15, 0.2) is 6.10 Å². The standard InChI is InChI=1S/C24H23N3O4/c1-14-12-16-6-3-4-7-20(16)27(14)22(28)15(2)31-24(30)17-9-10-18-19(13-17)25-21-8-5-11-26(21)23(18)29/h3-4,6-7,9-10,13-15H,5,8,11-12H2,1-2H3/t14-,15-/m1/s1. The molecule has 0 radical (unpaired) electrons. The molecule has 0 spiro atoms. The molecule has 3 heterocycles. The van der Waals surface area contributed by atoms with E-state index in [9.17, 15) is 14.4 Å². The second kappa shape index (κ2) is 7.34. The SMILES string of the molecule is C[C@@H]1Cc2ccccc2N1C(=O)[C@@H](C)OC(=O)c1ccc2c(=O)n3c(nc2c1)CCC3. The van der Waals surface area contributed by atoms with Crippen molar-refractivity contribution in [3.8, 4) is 0 Å². The highest BCUT2D eigenvalue weighted by molar-refractivity contribution is 6.01. The van der Waals surface area contributed by atoms with Crippen molar-refractivity contribution in [1.29, 1.82) is 0 Å². The minimum atomic E-state index is -0.935. The number of para-hydroxylation sites is 1. The summed E-state index contributed by atoms with van der Waals surface area (Å²) in [5.41, 5.74) is 2.65. The second-order valence-corrected chi connectivity index (χ2v) is 8.26. The number of fused-ring (bicyclic) bond motifs is 3. The van der Waals surface area contributed by atoms with Crippen LogP contribution >= 0.6 is 0 Å². The first kappa shape index (κ1) is 19.5. The molecular weight excluding hydrogens is 394 g/mol. The summed E-state index contributed by atoms with van der Waals surface area (Å²) in [7, 11) is 0. The highest BCUT2D eigenvalue weighted by Crippen LogP contribution is 2.32. The molecule has 0 saturated heterocycles. The molecule has 2 aliphatic rings. The second-order valence-electron chi connectivity index (χ2n) is 8.26. The predicted octanol–water partition coefficient (Wildman–Crippen LogP) is 2.87. The average Bonchev–Trinajstić information content (AvgIpc) is 3.36. The van der Waals surface area contributed by atoms with Crippen LogP contribution in [0.4, 0.5) is 5.69 Å². The van der Waals surface area contributed by atoms with Crippen molar-refractivity contribution in [2.45, 2.75) is 51.8 Å². The molecule has 5 rings (SSSR count). The molecule has 0 unspecified atom stereocenters. The predicted molar refractivity (Wildman–Crippen MR) is 116 cm³/mol. The molecule has 0 bridgehead atoms. The lowest BCUT2D eigenvalue weighted by Gasteiger charge is -2.26. The zero-order chi connectivity index (χ0) is 21.7. The summed E-state index contributed by atoms with van der Waals surface area (Å²) in [4.78, 5) is 44.7. The minimum absolute atomic E-state index is 0.00555. The molecule has 3 aromatic rings. The normalized spacial score (nSPS) is 18.0. The van der Waals surface area contributed by atoms with Crippen LogP contribution in [0.2, 0.25) is 0 Å². The summed E-state index contributed by atoms with van der Waals surface area (Å²) < 4.78 is 7.20. The van der Waals surface area contributed by atoms with Crippen molar-refractivity contribution in [3.05, 3.63) is 69.8 Å². The maximum Gasteiger partial charge on any atom is 0.338 e. The van der Waals surface area contributed by atoms with Crippen LogP contribution in [-0.2, 0) is 28.9 Å². The van der Waals surface area contributed by atoms with Crippen molar-refractivity contribution in [2.75, 3.05) is 4.90 Å². The van der Waals surface area contributed by atoms with Gasteiger partial charge in [-0.1, -0.05) is 18.2 Å². The third-order valence-corrected chi connectivity index (χ3v) is 6.13. The zero-order valence-corrected chi connectivity index (χ0v) is 17.5. The number of hydrogen-bond acceptors (Lipinski definition) is 5. The van der Waals surface area contributed by atoms with Gasteiger partial charge in [0.25, 0.3) is 11.5 Å². The molecule has 1 amide bonds. The van der Waals surface area contributed by atoms with Crippen LogP contribution in [0.3, 0.4) is 0 Å². The molecule has 7 nitrogen and oxygen atoms in total. The van der Waals surface area contributed by atoms with Crippen LogP contribution in [-0.4, -0.2) is 33.6 Å². The number of ether oxygens (including phenoxy) is 1. The molecule has 158 valence electrons. The quantitative estimate of drug-likeness (QED) is 0.612. The Morgan fingerprint density at radius 1 is 1.19 bits per heavy atom. The minimum Gasteiger partial charge on any atom is -0.449 e. The first-order valence-electron chi connectivity index (χ1n) is 10.6. The van der Waals surface area contributed by atoms with E-state index in [1.54, 1.807) is 34.6 Å². The van der Waals surface area contributed by atoms with Gasteiger partial charge in [0.2, 0.25) is 0 Å². The fourth-order valence-electron chi connectivity index (χ4n) is 4.59. The van der Waals surface area contributed by atoms with Crippen molar-refractivity contribution in [1.82, 2.24) is 9.55 Å². The molecule has 0 aliphatic carbocycles. The Kier molecular flexibility index (Phi) is 4.61. The van der Waals surface area contributed by atoms with Gasteiger partial charge in [-0.3, -0.25) is 14.2 Å². The number of carbonyl (C=O) groups is 2. The molecule has 1 aromatic heterocycles. The molecule has 2 atom stereocenters. The highest BCUT2D eigenvalue weighted by Gasteiger charge is 2.34. The van der Waals surface area contributed by atoms with E-state index in [1.165, 1.54) is 0 Å². The monoisotopic (exact) mass is 417 g/mol. The number of anilines is 1. The van der Waals surface area contributed by atoms with E-state index in [4.69, 9.17) is 4.74 Å². The molecule has 0 fully saturated rings. The van der Waals surface area contributed by atoms with Crippen LogP contribution in [0, 0.1) is 0 Å². The Balaban J connectivity index is 1.37. The van der Waals surface area contributed by atoms with Gasteiger partial charge in [0, 0.05) is 24.7 Å². The van der Waals surface area contributed by atoms with Crippen LogP contribution in [0.15, 0.2) is 47.3 Å². The lowest BCUT2D eigenvalue weighted by atomic mass is 10.1. The highest BCUT2D eigenvalue weighted by atomic mass is 16.5. The summed E-state index contributed by atoms with van der Waals surface area (Å²) in [6, 6.07) is 12.5. The van der Waals surface area contributed by atoms with E-state index in [-0.39, 0.29) is 23.1 Å². The fourth-order valence-corrected chi connectivity index (χ4v) is 4.59. The van der Waals surface area contributed by atoms with E-state index < -0.39 is 12.1 Å². The lowest BCUT2D eigenvalue weighted by molar-refractivity contribution is -0.126. The van der Waals surface area contributed by atoms with E-state index in [0.29, 0.717) is 17.4 Å². The van der Waals surface area contributed by atoms with Gasteiger partial charge in [0.1, 0.15) is 5.82 Å². The number of aromatic nitrogens is 2. The van der Waals surface area contributed by atoms with E-state index in [1.807, 2.05) is 31.2 Å². The smallest absolute Gasteiger partial charge is 0.338 e. The van der Waals surface area contributed by atoms with Gasteiger partial charge in [-0.25, -0.2) is 9.78 Å². The summed E-state index contributed by atoms with van der Waals surface area (Å²) in [5.74, 6) is -0.112. The number of nitrogens with zero attached hydrogens (tertiary/aromatic N) is 3. The summed E-state index contributed by atoms with van der Waals surface area (Å²) in [5, 5.41) is 0.480. The number of esters is 1. The largest absolute Gasteiger partial charge is 0.449 e. The lowest BCUT2D eigenvalue weighted by Crippen LogP contribution is -2.43. The van der Waals surface area contributed by atoms with Gasteiger partial charge in [-0.15, -0.1) is 0 Å². The summed E-state index contributed by atoms with van der Waals surface area (Å²) in [6.45, 7) is 4.25. The molecule has 31 heavy (non-hydrogen) atoms. The Bertz CT molecular complexity index is 1280. The van der Waals surface area contributed by atoms with Crippen LogP contribution in [0.1, 0.15) is 42.0 Å². The van der Waals surface area contributed by atoms with Crippen LogP contribution in [0.5, 0.6) is 0 Å². The third-order valence-electron chi connectivity index (χ3n) is 6.13. The molecule has 7 heteroatoms. The van der Waals surface area contributed by atoms with Crippen molar-refractivity contribution >= 4 is 28.5 Å². The van der Waals surface area contributed by atoms with E-state index >= 15 is 0 Å². The molecular formula is C24H23N3O4. The Labute approximate surface area is 179 Å².